The highest BCUT2D eigenvalue weighted by Gasteiger charge is 2.17. The molecule has 0 unspecified atom stereocenters. The monoisotopic (exact) mass is 319 g/mol. The normalized spacial score (nSPS) is 22.3. The van der Waals surface area contributed by atoms with Crippen molar-refractivity contribution < 1.29 is 0 Å². The van der Waals surface area contributed by atoms with Crippen molar-refractivity contribution >= 4 is 31.9 Å². The minimum Gasteiger partial charge on any atom is -0.314 e. The molecule has 3 nitrogen and oxygen atoms in total. The Morgan fingerprint density at radius 3 is 2.93 bits per heavy atom. The SMILES string of the molecule is Brc1cc([C@@H]2CNCCN2)c(Br)cn1. The molecule has 0 spiro atoms. The van der Waals surface area contributed by atoms with Gasteiger partial charge in [0.15, 0.2) is 0 Å². The van der Waals surface area contributed by atoms with Gasteiger partial charge in [-0.05, 0) is 43.5 Å². The third-order valence-electron chi connectivity index (χ3n) is 2.27. The standard InChI is InChI=1S/C9H11Br2N3/c10-7-4-14-9(11)3-6(7)8-5-12-1-2-13-8/h3-4,8,12-13H,1-2,5H2/t8-/m0/s1. The number of nitrogens with zero attached hydrogens (tertiary/aromatic N) is 1. The van der Waals surface area contributed by atoms with E-state index in [0.29, 0.717) is 6.04 Å². The number of aromatic nitrogens is 1. The number of nitrogens with one attached hydrogen (secondary N) is 2. The van der Waals surface area contributed by atoms with Crippen LogP contribution in [0, 0.1) is 0 Å². The van der Waals surface area contributed by atoms with Crippen LogP contribution in [0.15, 0.2) is 21.3 Å². The summed E-state index contributed by atoms with van der Waals surface area (Å²) in [5.74, 6) is 0. The maximum atomic E-state index is 4.16. The molecule has 1 aliphatic rings. The highest BCUT2D eigenvalue weighted by atomic mass is 79.9. The molecule has 1 aromatic rings. The molecule has 1 aromatic heterocycles. The Labute approximate surface area is 99.9 Å². The van der Waals surface area contributed by atoms with E-state index >= 15 is 0 Å². The third-order valence-corrected chi connectivity index (χ3v) is 3.36. The fraction of sp³-hybridized carbons (Fsp3) is 0.444. The zero-order valence-electron chi connectivity index (χ0n) is 7.56. The number of hydrogen-bond acceptors (Lipinski definition) is 3. The number of piperazine rings is 1. The number of rotatable bonds is 1. The van der Waals surface area contributed by atoms with Crippen molar-refractivity contribution in [2.75, 3.05) is 19.6 Å². The second-order valence-electron chi connectivity index (χ2n) is 3.24. The van der Waals surface area contributed by atoms with Crippen LogP contribution in [0.3, 0.4) is 0 Å². The van der Waals surface area contributed by atoms with Crippen LogP contribution >= 0.6 is 31.9 Å². The molecule has 0 aromatic carbocycles. The van der Waals surface area contributed by atoms with Crippen LogP contribution in [-0.2, 0) is 0 Å². The van der Waals surface area contributed by atoms with Crippen LogP contribution < -0.4 is 10.6 Å². The maximum absolute atomic E-state index is 4.16. The van der Waals surface area contributed by atoms with Crippen LogP contribution in [-0.4, -0.2) is 24.6 Å². The zero-order valence-corrected chi connectivity index (χ0v) is 10.7. The lowest BCUT2D eigenvalue weighted by Crippen LogP contribution is -2.42. The molecule has 2 heterocycles. The Morgan fingerprint density at radius 2 is 2.21 bits per heavy atom. The van der Waals surface area contributed by atoms with E-state index in [1.807, 2.05) is 6.20 Å². The van der Waals surface area contributed by atoms with Gasteiger partial charge in [-0.25, -0.2) is 4.98 Å². The summed E-state index contributed by atoms with van der Waals surface area (Å²) >= 11 is 6.90. The first-order chi connectivity index (χ1) is 6.77. The topological polar surface area (TPSA) is 37.0 Å². The molecule has 1 saturated heterocycles. The van der Waals surface area contributed by atoms with Crippen molar-refractivity contribution in [3.05, 3.63) is 26.9 Å². The molecular weight excluding hydrogens is 310 g/mol. The predicted octanol–water partition coefficient (Wildman–Crippen LogP) is 1.84. The second kappa shape index (κ2) is 4.70. The van der Waals surface area contributed by atoms with Gasteiger partial charge in [0.25, 0.3) is 0 Å². The van der Waals surface area contributed by atoms with Gasteiger partial charge in [0.05, 0.1) is 0 Å². The molecule has 0 amide bonds. The number of pyridine rings is 1. The summed E-state index contributed by atoms with van der Waals surface area (Å²) in [6.07, 6.45) is 1.83. The average Bonchev–Trinajstić information content (AvgIpc) is 2.23. The Balaban J connectivity index is 2.24. The molecule has 2 rings (SSSR count). The lowest BCUT2D eigenvalue weighted by molar-refractivity contribution is 0.429. The van der Waals surface area contributed by atoms with Crippen molar-refractivity contribution in [1.82, 2.24) is 15.6 Å². The minimum absolute atomic E-state index is 0.373. The summed E-state index contributed by atoms with van der Waals surface area (Å²) in [7, 11) is 0. The molecule has 1 atom stereocenters. The Kier molecular flexibility index (Phi) is 3.54. The van der Waals surface area contributed by atoms with Crippen molar-refractivity contribution in [1.29, 1.82) is 0 Å². The average molecular weight is 321 g/mol. The van der Waals surface area contributed by atoms with Crippen molar-refractivity contribution in [2.45, 2.75) is 6.04 Å². The first kappa shape index (κ1) is 10.5. The molecule has 0 bridgehead atoms. The summed E-state index contributed by atoms with van der Waals surface area (Å²) in [5, 5.41) is 6.82. The van der Waals surface area contributed by atoms with E-state index in [4.69, 9.17) is 0 Å². The quantitative estimate of drug-likeness (QED) is 0.775. The highest BCUT2D eigenvalue weighted by Crippen LogP contribution is 2.25. The molecule has 14 heavy (non-hydrogen) atoms. The van der Waals surface area contributed by atoms with Gasteiger partial charge in [0.2, 0.25) is 0 Å². The van der Waals surface area contributed by atoms with Gasteiger partial charge in [-0.3, -0.25) is 0 Å². The van der Waals surface area contributed by atoms with Crippen molar-refractivity contribution in [2.24, 2.45) is 0 Å². The van der Waals surface area contributed by atoms with Gasteiger partial charge in [0.1, 0.15) is 4.60 Å². The van der Waals surface area contributed by atoms with E-state index in [2.05, 4.69) is 53.5 Å². The van der Waals surface area contributed by atoms with Crippen LogP contribution in [0.1, 0.15) is 11.6 Å². The number of halogens is 2. The maximum Gasteiger partial charge on any atom is 0.106 e. The Morgan fingerprint density at radius 1 is 1.36 bits per heavy atom. The Hall–Kier alpha value is 0.0300. The molecule has 5 heteroatoms. The summed E-state index contributed by atoms with van der Waals surface area (Å²) in [4.78, 5) is 4.16. The van der Waals surface area contributed by atoms with Gasteiger partial charge < -0.3 is 10.6 Å². The van der Waals surface area contributed by atoms with Gasteiger partial charge >= 0.3 is 0 Å². The fourth-order valence-corrected chi connectivity index (χ4v) is 2.41. The zero-order chi connectivity index (χ0) is 9.97. The Bertz CT molecular complexity index is 324. The minimum atomic E-state index is 0.373. The smallest absolute Gasteiger partial charge is 0.106 e. The van der Waals surface area contributed by atoms with E-state index in [-0.39, 0.29) is 0 Å². The van der Waals surface area contributed by atoms with Crippen LogP contribution in [0.25, 0.3) is 0 Å². The largest absolute Gasteiger partial charge is 0.314 e. The van der Waals surface area contributed by atoms with E-state index in [1.54, 1.807) is 0 Å². The summed E-state index contributed by atoms with van der Waals surface area (Å²) in [6.45, 7) is 3.02. The van der Waals surface area contributed by atoms with Crippen LogP contribution in [0.5, 0.6) is 0 Å². The van der Waals surface area contributed by atoms with Gasteiger partial charge in [-0.1, -0.05) is 0 Å². The third kappa shape index (κ3) is 2.34. The molecule has 0 saturated carbocycles. The predicted molar refractivity (Wildman–Crippen MR) is 63.3 cm³/mol. The highest BCUT2D eigenvalue weighted by molar-refractivity contribution is 9.11. The molecular formula is C9H11Br2N3. The molecule has 0 aliphatic carbocycles. The van der Waals surface area contributed by atoms with Crippen LogP contribution in [0.2, 0.25) is 0 Å². The lowest BCUT2D eigenvalue weighted by Gasteiger charge is -2.25. The summed E-state index contributed by atoms with van der Waals surface area (Å²) in [5.41, 5.74) is 1.25. The molecule has 0 radical (unpaired) electrons. The fourth-order valence-electron chi connectivity index (χ4n) is 1.57. The second-order valence-corrected chi connectivity index (χ2v) is 4.91. The molecule has 1 aliphatic heterocycles. The lowest BCUT2D eigenvalue weighted by atomic mass is 10.1. The van der Waals surface area contributed by atoms with Gasteiger partial charge in [-0.2, -0.15) is 0 Å². The van der Waals surface area contributed by atoms with Crippen molar-refractivity contribution in [3.63, 3.8) is 0 Å². The number of hydrogen-bond donors (Lipinski definition) is 2. The summed E-state index contributed by atoms with van der Waals surface area (Å²) < 4.78 is 1.94. The van der Waals surface area contributed by atoms with Crippen molar-refractivity contribution in [3.8, 4) is 0 Å². The van der Waals surface area contributed by atoms with Gasteiger partial charge in [-0.15, -0.1) is 0 Å². The van der Waals surface area contributed by atoms with E-state index in [0.717, 1.165) is 28.7 Å². The molecule has 2 N–H and O–H groups in total. The van der Waals surface area contributed by atoms with E-state index in [1.165, 1.54) is 5.56 Å². The first-order valence-electron chi connectivity index (χ1n) is 4.52. The van der Waals surface area contributed by atoms with Crippen LogP contribution in [0.4, 0.5) is 0 Å². The van der Waals surface area contributed by atoms with E-state index < -0.39 is 0 Å². The van der Waals surface area contributed by atoms with E-state index in [9.17, 15) is 0 Å². The van der Waals surface area contributed by atoms with Gasteiger partial charge in [0, 0.05) is 36.3 Å². The first-order valence-corrected chi connectivity index (χ1v) is 6.11. The summed E-state index contributed by atoms with van der Waals surface area (Å²) in [6, 6.07) is 2.42. The molecule has 76 valence electrons. The molecule has 1 fully saturated rings.